The van der Waals surface area contributed by atoms with Crippen LogP contribution in [0.2, 0.25) is 5.02 Å². The summed E-state index contributed by atoms with van der Waals surface area (Å²) in [6.07, 6.45) is 1.96. The molecule has 0 radical (unpaired) electrons. The van der Waals surface area contributed by atoms with Crippen LogP contribution < -0.4 is 10.6 Å². The summed E-state index contributed by atoms with van der Waals surface area (Å²) in [5.41, 5.74) is 2.36. The Bertz CT molecular complexity index is 745. The number of benzene rings is 2. The summed E-state index contributed by atoms with van der Waals surface area (Å²) >= 11 is 5.87. The molecular formula is C20H24ClN3O2. The first-order valence-electron chi connectivity index (χ1n) is 8.52. The molecule has 0 saturated carbocycles. The molecule has 0 aliphatic heterocycles. The molecule has 2 aromatic carbocycles. The van der Waals surface area contributed by atoms with Crippen molar-refractivity contribution in [3.05, 3.63) is 59.1 Å². The first-order valence-corrected chi connectivity index (χ1v) is 8.90. The van der Waals surface area contributed by atoms with Crippen molar-refractivity contribution >= 4 is 34.8 Å². The Labute approximate surface area is 159 Å². The summed E-state index contributed by atoms with van der Waals surface area (Å²) in [5.74, 6) is -0.201. The molecule has 0 aromatic heterocycles. The van der Waals surface area contributed by atoms with Gasteiger partial charge >= 0.3 is 0 Å². The normalized spacial score (nSPS) is 10.6. The van der Waals surface area contributed by atoms with E-state index in [2.05, 4.69) is 10.6 Å². The second-order valence-corrected chi connectivity index (χ2v) is 6.80. The third-order valence-corrected chi connectivity index (χ3v) is 3.97. The van der Waals surface area contributed by atoms with E-state index in [1.165, 1.54) is 0 Å². The number of rotatable bonds is 8. The summed E-state index contributed by atoms with van der Waals surface area (Å²) < 4.78 is 0. The first kappa shape index (κ1) is 19.9. The zero-order valence-corrected chi connectivity index (χ0v) is 15.8. The number of aryl methyl sites for hydroxylation is 1. The van der Waals surface area contributed by atoms with Crippen molar-refractivity contribution in [2.75, 3.05) is 31.3 Å². The van der Waals surface area contributed by atoms with E-state index in [-0.39, 0.29) is 18.4 Å². The second kappa shape index (κ2) is 9.94. The van der Waals surface area contributed by atoms with E-state index in [1.807, 2.05) is 50.5 Å². The van der Waals surface area contributed by atoms with Crippen molar-refractivity contribution in [1.29, 1.82) is 0 Å². The number of nitrogens with zero attached hydrogens (tertiary/aromatic N) is 1. The van der Waals surface area contributed by atoms with E-state index >= 15 is 0 Å². The molecule has 138 valence electrons. The summed E-state index contributed by atoms with van der Waals surface area (Å²) in [7, 11) is 3.65. The Hall–Kier alpha value is -2.37. The maximum absolute atomic E-state index is 12.2. The minimum Gasteiger partial charge on any atom is -0.324 e. The van der Waals surface area contributed by atoms with Gasteiger partial charge in [0.1, 0.15) is 0 Å². The fraction of sp³-hybridized carbons (Fsp3) is 0.300. The molecule has 2 rings (SSSR count). The van der Waals surface area contributed by atoms with Crippen LogP contribution in [-0.4, -0.2) is 37.4 Å². The number of likely N-dealkylation sites (N-methyl/N-ethyl adjacent to an activating group) is 1. The summed E-state index contributed by atoms with van der Waals surface area (Å²) in [4.78, 5) is 25.9. The molecule has 2 N–H and O–H groups in total. The first-order chi connectivity index (χ1) is 12.4. The van der Waals surface area contributed by atoms with Gasteiger partial charge in [-0.25, -0.2) is 0 Å². The minimum absolute atomic E-state index is 0.0757. The molecule has 0 saturated heterocycles. The Morgan fingerprint density at radius 1 is 0.923 bits per heavy atom. The van der Waals surface area contributed by atoms with Gasteiger partial charge in [0.15, 0.2) is 0 Å². The molecule has 26 heavy (non-hydrogen) atoms. The average Bonchev–Trinajstić information content (AvgIpc) is 2.58. The highest BCUT2D eigenvalue weighted by Gasteiger charge is 2.10. The Balaban J connectivity index is 1.86. The topological polar surface area (TPSA) is 61.4 Å². The van der Waals surface area contributed by atoms with Gasteiger partial charge in [-0.05, 0) is 56.8 Å². The number of hydrogen-bond acceptors (Lipinski definition) is 3. The van der Waals surface area contributed by atoms with Gasteiger partial charge in [-0.3, -0.25) is 9.59 Å². The van der Waals surface area contributed by atoms with Crippen LogP contribution in [0.25, 0.3) is 0 Å². The fourth-order valence-corrected chi connectivity index (χ4v) is 2.62. The summed E-state index contributed by atoms with van der Waals surface area (Å²) in [5, 5.41) is 6.41. The Kier molecular flexibility index (Phi) is 7.63. The largest absolute Gasteiger partial charge is 0.324 e. The van der Waals surface area contributed by atoms with Gasteiger partial charge in [0, 0.05) is 11.4 Å². The van der Waals surface area contributed by atoms with Crippen LogP contribution in [0, 0.1) is 0 Å². The Morgan fingerprint density at radius 2 is 1.50 bits per heavy atom. The average molecular weight is 374 g/mol. The van der Waals surface area contributed by atoms with E-state index in [0.29, 0.717) is 22.8 Å². The highest BCUT2D eigenvalue weighted by molar-refractivity contribution is 6.30. The number of halogens is 1. The molecule has 2 aromatic rings. The van der Waals surface area contributed by atoms with Crippen LogP contribution in [0.4, 0.5) is 11.4 Å². The summed E-state index contributed by atoms with van der Waals surface area (Å²) in [6.45, 7) is 0.281. The standard InChI is InChI=1S/C20H24ClN3O2/c1-24(2)14-20(26)23-18-8-4-3-7-17(18)22-19(25)9-5-6-15-10-12-16(21)13-11-15/h3-4,7-8,10-13H,5-6,9,14H2,1-2H3,(H,22,25)(H,23,26). The number of para-hydroxylation sites is 2. The van der Waals surface area contributed by atoms with E-state index in [1.54, 1.807) is 17.0 Å². The van der Waals surface area contributed by atoms with Gasteiger partial charge in [-0.1, -0.05) is 35.9 Å². The molecule has 0 atom stereocenters. The van der Waals surface area contributed by atoms with E-state index in [9.17, 15) is 9.59 Å². The molecule has 0 aliphatic rings. The predicted octanol–water partition coefficient (Wildman–Crippen LogP) is 3.80. The van der Waals surface area contributed by atoms with Crippen molar-refractivity contribution in [2.45, 2.75) is 19.3 Å². The van der Waals surface area contributed by atoms with E-state index < -0.39 is 0 Å². The second-order valence-electron chi connectivity index (χ2n) is 6.36. The minimum atomic E-state index is -0.126. The molecule has 0 spiro atoms. The van der Waals surface area contributed by atoms with Gasteiger partial charge in [0.05, 0.1) is 17.9 Å². The zero-order chi connectivity index (χ0) is 18.9. The fourth-order valence-electron chi connectivity index (χ4n) is 2.49. The van der Waals surface area contributed by atoms with Crippen molar-refractivity contribution in [2.24, 2.45) is 0 Å². The number of amides is 2. The van der Waals surface area contributed by atoms with Crippen LogP contribution in [0.3, 0.4) is 0 Å². The van der Waals surface area contributed by atoms with Crippen molar-refractivity contribution in [1.82, 2.24) is 4.90 Å². The molecule has 0 bridgehead atoms. The van der Waals surface area contributed by atoms with Crippen LogP contribution in [0.5, 0.6) is 0 Å². The lowest BCUT2D eigenvalue weighted by Crippen LogP contribution is -2.27. The van der Waals surface area contributed by atoms with Crippen molar-refractivity contribution in [3.8, 4) is 0 Å². The lowest BCUT2D eigenvalue weighted by molar-refractivity contribution is -0.117. The highest BCUT2D eigenvalue weighted by Crippen LogP contribution is 2.21. The SMILES string of the molecule is CN(C)CC(=O)Nc1ccccc1NC(=O)CCCc1ccc(Cl)cc1. The summed E-state index contributed by atoms with van der Waals surface area (Å²) in [6, 6.07) is 14.8. The monoisotopic (exact) mass is 373 g/mol. The van der Waals surface area contributed by atoms with Crippen molar-refractivity contribution < 1.29 is 9.59 Å². The molecule has 0 unspecified atom stereocenters. The van der Waals surface area contributed by atoms with Crippen molar-refractivity contribution in [3.63, 3.8) is 0 Å². The Morgan fingerprint density at radius 3 is 2.08 bits per heavy atom. The zero-order valence-electron chi connectivity index (χ0n) is 15.1. The highest BCUT2D eigenvalue weighted by atomic mass is 35.5. The maximum Gasteiger partial charge on any atom is 0.238 e. The number of carbonyl (C=O) groups excluding carboxylic acids is 2. The lowest BCUT2D eigenvalue weighted by atomic mass is 10.1. The molecule has 0 aliphatic carbocycles. The van der Waals surface area contributed by atoms with Gasteiger partial charge in [-0.2, -0.15) is 0 Å². The van der Waals surface area contributed by atoms with Crippen LogP contribution >= 0.6 is 11.6 Å². The van der Waals surface area contributed by atoms with Crippen LogP contribution in [0.1, 0.15) is 18.4 Å². The maximum atomic E-state index is 12.2. The third-order valence-electron chi connectivity index (χ3n) is 3.72. The molecule has 0 heterocycles. The predicted molar refractivity (Wildman–Crippen MR) is 107 cm³/mol. The number of carbonyl (C=O) groups is 2. The molecule has 2 amide bonds. The van der Waals surface area contributed by atoms with Gasteiger partial charge in [0.2, 0.25) is 11.8 Å². The molecule has 6 heteroatoms. The van der Waals surface area contributed by atoms with Gasteiger partial charge in [0.25, 0.3) is 0 Å². The number of hydrogen-bond donors (Lipinski definition) is 2. The van der Waals surface area contributed by atoms with Gasteiger partial charge < -0.3 is 15.5 Å². The van der Waals surface area contributed by atoms with E-state index in [0.717, 1.165) is 18.4 Å². The quantitative estimate of drug-likeness (QED) is 0.739. The van der Waals surface area contributed by atoms with E-state index in [4.69, 9.17) is 11.6 Å². The lowest BCUT2D eigenvalue weighted by Gasteiger charge is -2.14. The van der Waals surface area contributed by atoms with Crippen LogP contribution in [0.15, 0.2) is 48.5 Å². The third kappa shape index (κ3) is 6.86. The van der Waals surface area contributed by atoms with Crippen LogP contribution in [-0.2, 0) is 16.0 Å². The number of nitrogens with one attached hydrogen (secondary N) is 2. The molecular weight excluding hydrogens is 350 g/mol. The van der Waals surface area contributed by atoms with Gasteiger partial charge in [-0.15, -0.1) is 0 Å². The smallest absolute Gasteiger partial charge is 0.238 e. The molecule has 5 nitrogen and oxygen atoms in total. The number of anilines is 2. The molecule has 0 fully saturated rings.